The second kappa shape index (κ2) is 9.34. The minimum Gasteiger partial charge on any atom is -0.317 e. The van der Waals surface area contributed by atoms with Crippen LogP contribution in [-0.4, -0.2) is 11.6 Å². The van der Waals surface area contributed by atoms with Crippen molar-refractivity contribution < 1.29 is 9.59 Å². The number of benzene rings is 3. The van der Waals surface area contributed by atoms with E-state index in [1.165, 1.54) is 0 Å². The number of hydrogen-bond acceptors (Lipinski definition) is 3. The van der Waals surface area contributed by atoms with Gasteiger partial charge in [-0.15, -0.1) is 0 Å². The largest absolute Gasteiger partial charge is 0.317 e. The lowest BCUT2D eigenvalue weighted by molar-refractivity contribution is -0.119. The van der Waals surface area contributed by atoms with Gasteiger partial charge in [-0.05, 0) is 64.6 Å². The van der Waals surface area contributed by atoms with Crippen LogP contribution in [0.3, 0.4) is 0 Å². The van der Waals surface area contributed by atoms with E-state index >= 15 is 0 Å². The molecule has 198 valence electrons. The van der Waals surface area contributed by atoms with E-state index in [0.29, 0.717) is 17.9 Å². The van der Waals surface area contributed by atoms with Crippen LogP contribution in [-0.2, 0) is 9.59 Å². The van der Waals surface area contributed by atoms with Gasteiger partial charge < -0.3 is 4.90 Å². The molecule has 0 amide bonds. The van der Waals surface area contributed by atoms with E-state index in [0.717, 1.165) is 57.8 Å². The van der Waals surface area contributed by atoms with Gasteiger partial charge in [-0.3, -0.25) is 9.59 Å². The van der Waals surface area contributed by atoms with Gasteiger partial charge in [0.1, 0.15) is 0 Å². The summed E-state index contributed by atoms with van der Waals surface area (Å²) in [5, 5.41) is 0.663. The van der Waals surface area contributed by atoms with E-state index in [1.54, 1.807) is 0 Å². The van der Waals surface area contributed by atoms with Crippen molar-refractivity contribution in [2.75, 3.05) is 4.90 Å². The molecule has 6 rings (SSSR count). The number of Topliss-reactive ketones (excluding diaryl/α,β-unsaturated/α-hetero) is 2. The van der Waals surface area contributed by atoms with Crippen molar-refractivity contribution in [2.24, 2.45) is 10.8 Å². The van der Waals surface area contributed by atoms with Crippen molar-refractivity contribution in [1.82, 2.24) is 0 Å². The second-order valence-electron chi connectivity index (χ2n) is 12.8. The van der Waals surface area contributed by atoms with Crippen molar-refractivity contribution in [3.8, 4) is 11.1 Å². The molecule has 0 spiro atoms. The van der Waals surface area contributed by atoms with Gasteiger partial charge in [0.2, 0.25) is 0 Å². The maximum absolute atomic E-state index is 14.0. The molecule has 3 aromatic rings. The third kappa shape index (κ3) is 4.67. The van der Waals surface area contributed by atoms with E-state index in [-0.39, 0.29) is 28.3 Å². The summed E-state index contributed by atoms with van der Waals surface area (Å²) < 4.78 is 0. The Morgan fingerprint density at radius 1 is 0.641 bits per heavy atom. The van der Waals surface area contributed by atoms with Crippen LogP contribution in [0.5, 0.6) is 0 Å². The lowest BCUT2D eigenvalue weighted by atomic mass is 9.63. The van der Waals surface area contributed by atoms with Gasteiger partial charge >= 0.3 is 0 Å². The molecule has 0 fully saturated rings. The number of hydrogen-bond donors (Lipinski definition) is 0. The van der Waals surface area contributed by atoms with Crippen LogP contribution in [0.1, 0.15) is 64.9 Å². The molecule has 3 nitrogen and oxygen atoms in total. The Bertz CT molecular complexity index is 1470. The zero-order chi connectivity index (χ0) is 27.5. The Labute approximate surface area is 236 Å². The fourth-order valence-corrected chi connectivity index (χ4v) is 6.82. The summed E-state index contributed by atoms with van der Waals surface area (Å²) in [4.78, 5) is 30.3. The van der Waals surface area contributed by atoms with Gasteiger partial charge in [-0.25, -0.2) is 0 Å². The zero-order valence-electron chi connectivity index (χ0n) is 23.1. The quantitative estimate of drug-likeness (QED) is 0.336. The van der Waals surface area contributed by atoms with E-state index in [9.17, 15) is 9.59 Å². The number of rotatable bonds is 3. The van der Waals surface area contributed by atoms with Crippen LogP contribution in [0, 0.1) is 10.8 Å². The maximum Gasteiger partial charge on any atom is 0.162 e. The van der Waals surface area contributed by atoms with E-state index in [4.69, 9.17) is 11.6 Å². The Kier molecular flexibility index (Phi) is 6.19. The summed E-state index contributed by atoms with van der Waals surface area (Å²) in [7, 11) is 0. The van der Waals surface area contributed by atoms with Gasteiger partial charge in [-0.2, -0.15) is 0 Å². The molecule has 0 atom stereocenters. The van der Waals surface area contributed by atoms with Crippen LogP contribution < -0.4 is 4.90 Å². The Morgan fingerprint density at radius 3 is 1.64 bits per heavy atom. The zero-order valence-corrected chi connectivity index (χ0v) is 23.8. The highest BCUT2D eigenvalue weighted by molar-refractivity contribution is 6.30. The highest BCUT2D eigenvalue weighted by atomic mass is 35.5. The lowest BCUT2D eigenvalue weighted by Gasteiger charge is -2.49. The molecular weight excluding hydrogens is 502 g/mol. The summed E-state index contributed by atoms with van der Waals surface area (Å²) >= 11 is 6.27. The lowest BCUT2D eigenvalue weighted by Crippen LogP contribution is -2.44. The molecule has 39 heavy (non-hydrogen) atoms. The second-order valence-corrected chi connectivity index (χ2v) is 13.3. The third-order valence-electron chi connectivity index (χ3n) is 8.35. The number of halogens is 1. The molecule has 3 aromatic carbocycles. The molecule has 0 saturated heterocycles. The normalized spacial score (nSPS) is 20.7. The number of anilines is 1. The number of ketones is 2. The van der Waals surface area contributed by atoms with Gasteiger partial charge in [0.25, 0.3) is 0 Å². The average Bonchev–Trinajstić information content (AvgIpc) is 2.88. The van der Waals surface area contributed by atoms with Crippen molar-refractivity contribution >= 4 is 28.9 Å². The van der Waals surface area contributed by atoms with Crippen LogP contribution in [0.2, 0.25) is 5.02 Å². The van der Waals surface area contributed by atoms with Crippen molar-refractivity contribution in [3.63, 3.8) is 0 Å². The average molecular weight is 536 g/mol. The van der Waals surface area contributed by atoms with Gasteiger partial charge in [-0.1, -0.05) is 93.9 Å². The first-order chi connectivity index (χ1) is 18.5. The number of carbonyl (C=O) groups excluding carboxylic acids is 2. The predicted molar refractivity (Wildman–Crippen MR) is 159 cm³/mol. The first-order valence-electron chi connectivity index (χ1n) is 13.8. The molecule has 0 N–H and O–H groups in total. The molecule has 4 heteroatoms. The first-order valence-corrected chi connectivity index (χ1v) is 14.1. The monoisotopic (exact) mass is 535 g/mol. The summed E-state index contributed by atoms with van der Waals surface area (Å²) in [5.41, 5.74) is 7.50. The molecule has 3 aliphatic rings. The molecule has 0 aromatic heterocycles. The number of allylic oxidation sites excluding steroid dienone is 4. The standard InChI is InChI=1S/C35H34ClNO2/c1-34(2)18-27-32(29(38)20-34)31(24-12-10-23(11-13-24)22-8-6-5-7-9-22)33-28(19-35(3,4)21-30(33)39)37(27)26-16-14-25(36)15-17-26/h5-17,31H,18-21H2,1-4H3. The molecule has 0 bridgehead atoms. The first kappa shape index (κ1) is 25.8. The summed E-state index contributed by atoms with van der Waals surface area (Å²) in [6.07, 6.45) is 2.48. The highest BCUT2D eigenvalue weighted by Crippen LogP contribution is 2.55. The predicted octanol–water partition coefficient (Wildman–Crippen LogP) is 8.90. The Hall–Kier alpha value is -3.43. The molecule has 1 heterocycles. The molecule has 0 radical (unpaired) electrons. The number of nitrogens with zero attached hydrogens (tertiary/aromatic N) is 1. The molecule has 0 unspecified atom stereocenters. The molecule has 2 aliphatic carbocycles. The van der Waals surface area contributed by atoms with Gasteiger partial charge in [0.05, 0.1) is 0 Å². The minimum atomic E-state index is -0.351. The van der Waals surface area contributed by atoms with Crippen LogP contribution in [0.15, 0.2) is 101 Å². The summed E-state index contributed by atoms with van der Waals surface area (Å²) in [6, 6.07) is 26.5. The minimum absolute atomic E-state index is 0.140. The summed E-state index contributed by atoms with van der Waals surface area (Å²) in [6.45, 7) is 8.66. The van der Waals surface area contributed by atoms with E-state index < -0.39 is 0 Å². The molecule has 1 aliphatic heterocycles. The highest BCUT2D eigenvalue weighted by Gasteiger charge is 2.49. The van der Waals surface area contributed by atoms with Crippen molar-refractivity contribution in [1.29, 1.82) is 0 Å². The topological polar surface area (TPSA) is 37.4 Å². The Balaban J connectivity index is 1.58. The smallest absolute Gasteiger partial charge is 0.162 e. The van der Waals surface area contributed by atoms with E-state index in [1.807, 2.05) is 42.5 Å². The number of carbonyl (C=O) groups is 2. The van der Waals surface area contributed by atoms with Crippen molar-refractivity contribution in [3.05, 3.63) is 112 Å². The summed E-state index contributed by atoms with van der Waals surface area (Å²) in [5.74, 6) is -0.0707. The van der Waals surface area contributed by atoms with Gasteiger partial charge in [0, 0.05) is 52.0 Å². The van der Waals surface area contributed by atoms with Crippen LogP contribution in [0.25, 0.3) is 11.1 Å². The Morgan fingerprint density at radius 2 is 1.13 bits per heavy atom. The molecule has 0 saturated carbocycles. The SMILES string of the molecule is CC1(C)CC(=O)C2=C(C1)N(c1ccc(Cl)cc1)C1=C(C(=O)CC(C)(C)C1)C2c1ccc(-c2ccccc2)cc1. The maximum atomic E-state index is 14.0. The fraction of sp³-hybridized carbons (Fsp3) is 0.314. The van der Waals surface area contributed by atoms with Gasteiger partial charge in [0.15, 0.2) is 11.6 Å². The van der Waals surface area contributed by atoms with Crippen LogP contribution >= 0.6 is 11.6 Å². The fourth-order valence-electron chi connectivity index (χ4n) is 6.70. The van der Waals surface area contributed by atoms with Crippen LogP contribution in [0.4, 0.5) is 5.69 Å². The van der Waals surface area contributed by atoms with Crippen molar-refractivity contribution in [2.45, 2.75) is 59.3 Å². The third-order valence-corrected chi connectivity index (χ3v) is 8.60. The molecular formula is C35H34ClNO2. The van der Waals surface area contributed by atoms with E-state index in [2.05, 4.69) is 69.0 Å².